The number of ether oxygens (including phenoxy) is 2. The summed E-state index contributed by atoms with van der Waals surface area (Å²) in [6.07, 6.45) is 2.35. The third-order valence-electron chi connectivity index (χ3n) is 3.89. The van der Waals surface area contributed by atoms with E-state index in [2.05, 4.69) is 9.98 Å². The average Bonchev–Trinajstić information content (AvgIpc) is 2.49. The molecule has 1 spiro atoms. The quantitative estimate of drug-likeness (QED) is 0.718. The molecule has 0 saturated carbocycles. The Morgan fingerprint density at radius 2 is 2.05 bits per heavy atom. The van der Waals surface area contributed by atoms with Gasteiger partial charge in [0.15, 0.2) is 0 Å². The van der Waals surface area contributed by atoms with E-state index in [-0.39, 0.29) is 6.02 Å². The van der Waals surface area contributed by atoms with E-state index in [9.17, 15) is 0 Å². The number of hydrogen-bond acceptors (Lipinski definition) is 6. The van der Waals surface area contributed by atoms with Gasteiger partial charge in [0, 0.05) is 29.4 Å². The van der Waals surface area contributed by atoms with Crippen molar-refractivity contribution in [3.63, 3.8) is 0 Å². The summed E-state index contributed by atoms with van der Waals surface area (Å²) in [6.45, 7) is 0.484. The van der Waals surface area contributed by atoms with E-state index >= 15 is 0 Å². The molecule has 4 N–H and O–H groups in total. The Hall–Kier alpha value is -2.76. The second-order valence-electron chi connectivity index (χ2n) is 5.12. The predicted molar refractivity (Wildman–Crippen MR) is 78.1 cm³/mol. The molecule has 2 aliphatic rings. The number of nitrogens with zero attached hydrogens (tertiary/aromatic N) is 2. The summed E-state index contributed by atoms with van der Waals surface area (Å²) in [4.78, 5) is 8.90. The number of nitrogens with two attached hydrogens (primary N) is 2. The van der Waals surface area contributed by atoms with Gasteiger partial charge in [-0.05, 0) is 30.3 Å². The van der Waals surface area contributed by atoms with Crippen molar-refractivity contribution in [1.29, 1.82) is 0 Å². The summed E-state index contributed by atoms with van der Waals surface area (Å²) >= 11 is 0. The van der Waals surface area contributed by atoms with Crippen molar-refractivity contribution in [2.24, 2.45) is 10.7 Å². The molecule has 0 aliphatic carbocycles. The number of anilines is 1. The van der Waals surface area contributed by atoms with Gasteiger partial charge in [-0.25, -0.2) is 9.98 Å². The van der Waals surface area contributed by atoms with Crippen LogP contribution in [0, 0.1) is 0 Å². The lowest BCUT2D eigenvalue weighted by Gasteiger charge is -2.38. The van der Waals surface area contributed by atoms with Crippen LogP contribution in [-0.4, -0.2) is 17.6 Å². The second-order valence-corrected chi connectivity index (χ2v) is 5.12. The van der Waals surface area contributed by atoms with Crippen LogP contribution in [0.2, 0.25) is 0 Å². The first kappa shape index (κ1) is 12.0. The van der Waals surface area contributed by atoms with Crippen LogP contribution >= 0.6 is 0 Å². The maximum Gasteiger partial charge on any atom is 0.283 e. The van der Waals surface area contributed by atoms with E-state index in [1.807, 2.05) is 24.3 Å². The molecule has 21 heavy (non-hydrogen) atoms. The van der Waals surface area contributed by atoms with E-state index in [1.165, 1.54) is 0 Å². The topological polar surface area (TPSA) is 95.8 Å². The lowest BCUT2D eigenvalue weighted by Crippen LogP contribution is -2.38. The molecule has 1 unspecified atom stereocenters. The molecular weight excluding hydrogens is 268 g/mol. The first-order chi connectivity index (χ1) is 10.2. The Bertz CT molecular complexity index is 759. The molecule has 0 fully saturated rings. The highest BCUT2D eigenvalue weighted by molar-refractivity contribution is 5.75. The molecule has 0 amide bonds. The van der Waals surface area contributed by atoms with Crippen molar-refractivity contribution >= 4 is 11.7 Å². The van der Waals surface area contributed by atoms with Crippen LogP contribution < -0.4 is 16.2 Å². The first-order valence-electron chi connectivity index (χ1n) is 6.70. The summed E-state index contributed by atoms with van der Waals surface area (Å²) in [5, 5.41) is 0. The van der Waals surface area contributed by atoms with E-state index in [1.54, 1.807) is 12.3 Å². The Balaban J connectivity index is 2.05. The number of nitrogen functional groups attached to an aromatic ring is 1. The third-order valence-corrected chi connectivity index (χ3v) is 3.89. The molecule has 0 radical (unpaired) electrons. The predicted octanol–water partition coefficient (Wildman–Crippen LogP) is 1.75. The van der Waals surface area contributed by atoms with Crippen LogP contribution in [0.5, 0.6) is 11.6 Å². The van der Waals surface area contributed by atoms with Gasteiger partial charge >= 0.3 is 0 Å². The van der Waals surface area contributed by atoms with Crippen LogP contribution in [0.15, 0.2) is 41.5 Å². The molecule has 6 heteroatoms. The summed E-state index contributed by atoms with van der Waals surface area (Å²) in [5.41, 5.74) is 13.6. The normalized spacial score (nSPS) is 22.6. The summed E-state index contributed by atoms with van der Waals surface area (Å²) < 4.78 is 11.2. The second kappa shape index (κ2) is 4.12. The van der Waals surface area contributed by atoms with Crippen molar-refractivity contribution in [2.45, 2.75) is 12.0 Å². The number of fused-ring (bicyclic) bond motifs is 4. The number of aliphatic imine (C=N–C) groups is 1. The van der Waals surface area contributed by atoms with Crippen LogP contribution in [0.1, 0.15) is 17.5 Å². The number of pyridine rings is 1. The minimum absolute atomic E-state index is 0.173. The lowest BCUT2D eigenvalue weighted by atomic mass is 9.79. The molecule has 3 heterocycles. The van der Waals surface area contributed by atoms with Gasteiger partial charge in [-0.2, -0.15) is 0 Å². The summed E-state index contributed by atoms with van der Waals surface area (Å²) in [5.74, 6) is 1.25. The molecular formula is C15H14N4O2. The smallest absolute Gasteiger partial charge is 0.283 e. The van der Waals surface area contributed by atoms with Crippen molar-refractivity contribution in [3.05, 3.63) is 47.7 Å². The lowest BCUT2D eigenvalue weighted by molar-refractivity contribution is 0.218. The van der Waals surface area contributed by atoms with Crippen LogP contribution in [0.4, 0.5) is 5.69 Å². The SMILES string of the molecule is NC1=NC2(CCO1)c1cc(N)ccc1Oc1ncccc12. The Labute approximate surface area is 121 Å². The zero-order valence-electron chi connectivity index (χ0n) is 11.2. The van der Waals surface area contributed by atoms with Crippen LogP contribution in [-0.2, 0) is 10.3 Å². The molecule has 0 saturated heterocycles. The van der Waals surface area contributed by atoms with E-state index in [4.69, 9.17) is 20.9 Å². The summed E-state index contributed by atoms with van der Waals surface area (Å²) in [6, 6.07) is 9.51. The van der Waals surface area contributed by atoms with Crippen molar-refractivity contribution in [3.8, 4) is 11.6 Å². The number of hydrogen-bond donors (Lipinski definition) is 2. The maximum atomic E-state index is 5.94. The largest absolute Gasteiger partial charge is 0.465 e. The Morgan fingerprint density at radius 1 is 1.14 bits per heavy atom. The Kier molecular flexibility index (Phi) is 2.35. The van der Waals surface area contributed by atoms with Gasteiger partial charge in [-0.3, -0.25) is 0 Å². The maximum absolute atomic E-state index is 5.94. The van der Waals surface area contributed by atoms with Crippen molar-refractivity contribution in [1.82, 2.24) is 4.98 Å². The molecule has 0 bridgehead atoms. The van der Waals surface area contributed by atoms with Crippen LogP contribution in [0.3, 0.4) is 0 Å². The van der Waals surface area contributed by atoms with Gasteiger partial charge in [0.2, 0.25) is 5.88 Å². The monoisotopic (exact) mass is 282 g/mol. The van der Waals surface area contributed by atoms with Gasteiger partial charge in [-0.15, -0.1) is 0 Å². The number of rotatable bonds is 0. The van der Waals surface area contributed by atoms with E-state index < -0.39 is 5.54 Å². The van der Waals surface area contributed by atoms with E-state index in [0.717, 1.165) is 11.1 Å². The van der Waals surface area contributed by atoms with Gasteiger partial charge in [0.25, 0.3) is 6.02 Å². The highest BCUT2D eigenvalue weighted by Gasteiger charge is 2.45. The highest BCUT2D eigenvalue weighted by atomic mass is 16.5. The number of amidine groups is 1. The minimum Gasteiger partial charge on any atom is -0.465 e. The van der Waals surface area contributed by atoms with Gasteiger partial charge in [0.1, 0.15) is 11.3 Å². The highest BCUT2D eigenvalue weighted by Crippen LogP contribution is 2.51. The van der Waals surface area contributed by atoms with Gasteiger partial charge < -0.3 is 20.9 Å². The molecule has 1 aromatic carbocycles. The minimum atomic E-state index is -0.644. The standard InChI is InChI=1S/C15H14N4O2/c16-9-3-4-12-11(8-9)15(5-7-20-14(17)19-15)10-2-1-6-18-13(10)21-12/h1-4,6,8H,5,7,16H2,(H2,17,19). The Morgan fingerprint density at radius 3 is 2.90 bits per heavy atom. The fourth-order valence-corrected chi connectivity index (χ4v) is 2.97. The molecule has 2 aliphatic heterocycles. The van der Waals surface area contributed by atoms with E-state index in [0.29, 0.717) is 30.3 Å². The molecule has 1 atom stereocenters. The van der Waals surface area contributed by atoms with Crippen molar-refractivity contribution in [2.75, 3.05) is 12.3 Å². The molecule has 2 aromatic rings. The molecule has 6 nitrogen and oxygen atoms in total. The fraction of sp³-hybridized carbons (Fsp3) is 0.200. The molecule has 1 aromatic heterocycles. The zero-order valence-corrected chi connectivity index (χ0v) is 11.2. The van der Waals surface area contributed by atoms with Crippen LogP contribution in [0.25, 0.3) is 0 Å². The first-order valence-corrected chi connectivity index (χ1v) is 6.70. The zero-order chi connectivity index (χ0) is 14.4. The average molecular weight is 282 g/mol. The fourth-order valence-electron chi connectivity index (χ4n) is 2.97. The summed E-state index contributed by atoms with van der Waals surface area (Å²) in [7, 11) is 0. The van der Waals surface area contributed by atoms with Gasteiger partial charge in [-0.1, -0.05) is 0 Å². The molecule has 4 rings (SSSR count). The number of aromatic nitrogens is 1. The third kappa shape index (κ3) is 1.65. The number of benzene rings is 1. The van der Waals surface area contributed by atoms with Crippen molar-refractivity contribution < 1.29 is 9.47 Å². The molecule has 106 valence electrons. The van der Waals surface area contributed by atoms with Gasteiger partial charge in [0.05, 0.1) is 6.61 Å².